The molecular formula is C34H34N2O4S. The standard InChI is InChI=1S/C34H34N2O4S/c1-22-7-5-10-26(21-22)31(37)36-33-30(28-11-3-4-12-29(28)41-33)32(38)35-27-19-15-24(16-20-27)9-6-8-23-13-17-25(18-14-23)34(39)40-2/h5,7,10,13-21H,3-4,6,8-9,11-12H2,1-2H3,(H,35,38)(H,36,37). The lowest BCUT2D eigenvalue weighted by Gasteiger charge is -2.14. The molecule has 4 aromatic rings. The topological polar surface area (TPSA) is 84.5 Å². The monoisotopic (exact) mass is 566 g/mol. The predicted molar refractivity (Wildman–Crippen MR) is 164 cm³/mol. The molecule has 0 bridgehead atoms. The molecule has 5 rings (SSSR count). The number of anilines is 2. The summed E-state index contributed by atoms with van der Waals surface area (Å²) < 4.78 is 4.75. The third-order valence-corrected chi connectivity index (χ3v) is 8.63. The lowest BCUT2D eigenvalue weighted by atomic mass is 9.95. The van der Waals surface area contributed by atoms with Gasteiger partial charge < -0.3 is 15.4 Å². The zero-order valence-electron chi connectivity index (χ0n) is 23.4. The molecule has 0 spiro atoms. The summed E-state index contributed by atoms with van der Waals surface area (Å²) in [6.07, 6.45) is 6.69. The van der Waals surface area contributed by atoms with E-state index in [-0.39, 0.29) is 17.8 Å². The number of ether oxygens (including phenoxy) is 1. The Morgan fingerprint density at radius 1 is 0.805 bits per heavy atom. The van der Waals surface area contributed by atoms with Crippen molar-refractivity contribution in [1.29, 1.82) is 0 Å². The molecule has 1 heterocycles. The van der Waals surface area contributed by atoms with E-state index < -0.39 is 0 Å². The molecule has 6 nitrogen and oxygen atoms in total. The van der Waals surface area contributed by atoms with E-state index in [1.807, 2.05) is 61.5 Å². The van der Waals surface area contributed by atoms with Crippen LogP contribution in [0.3, 0.4) is 0 Å². The van der Waals surface area contributed by atoms with Crippen LogP contribution in [-0.4, -0.2) is 24.9 Å². The van der Waals surface area contributed by atoms with Crippen molar-refractivity contribution in [3.63, 3.8) is 0 Å². The van der Waals surface area contributed by atoms with Gasteiger partial charge in [-0.15, -0.1) is 11.3 Å². The second-order valence-electron chi connectivity index (χ2n) is 10.4. The van der Waals surface area contributed by atoms with E-state index in [9.17, 15) is 14.4 Å². The zero-order valence-corrected chi connectivity index (χ0v) is 24.2. The molecule has 210 valence electrons. The van der Waals surface area contributed by atoms with Gasteiger partial charge in [0.15, 0.2) is 0 Å². The van der Waals surface area contributed by atoms with Gasteiger partial charge in [0.05, 0.1) is 18.2 Å². The summed E-state index contributed by atoms with van der Waals surface area (Å²) in [6, 6.07) is 22.9. The molecule has 0 aliphatic heterocycles. The van der Waals surface area contributed by atoms with Crippen molar-refractivity contribution in [2.24, 2.45) is 0 Å². The first-order valence-corrected chi connectivity index (χ1v) is 14.8. The van der Waals surface area contributed by atoms with Gasteiger partial charge in [0, 0.05) is 16.1 Å². The fourth-order valence-electron chi connectivity index (χ4n) is 5.23. The Balaban J connectivity index is 1.22. The van der Waals surface area contributed by atoms with Crippen LogP contribution in [0.4, 0.5) is 10.7 Å². The highest BCUT2D eigenvalue weighted by Gasteiger charge is 2.26. The number of rotatable bonds is 9. The fourth-order valence-corrected chi connectivity index (χ4v) is 6.51. The molecule has 2 amide bonds. The molecule has 0 atom stereocenters. The third kappa shape index (κ3) is 6.92. The van der Waals surface area contributed by atoms with Crippen LogP contribution in [0, 0.1) is 6.92 Å². The van der Waals surface area contributed by atoms with E-state index >= 15 is 0 Å². The number of carbonyl (C=O) groups is 3. The van der Waals surface area contributed by atoms with Gasteiger partial charge in [-0.2, -0.15) is 0 Å². The first kappa shape index (κ1) is 28.3. The molecule has 1 aliphatic rings. The number of nitrogens with one attached hydrogen (secondary N) is 2. The van der Waals surface area contributed by atoms with Crippen molar-refractivity contribution in [1.82, 2.24) is 0 Å². The maximum atomic E-state index is 13.6. The molecule has 0 radical (unpaired) electrons. The Kier molecular flexibility index (Phi) is 8.95. The quantitative estimate of drug-likeness (QED) is 0.207. The molecule has 0 unspecified atom stereocenters. The van der Waals surface area contributed by atoms with Crippen LogP contribution in [0.2, 0.25) is 0 Å². The van der Waals surface area contributed by atoms with Crippen molar-refractivity contribution in [3.05, 3.63) is 117 Å². The largest absolute Gasteiger partial charge is 0.465 e. The number of fused-ring (bicyclic) bond motifs is 1. The van der Waals surface area contributed by atoms with Crippen molar-refractivity contribution < 1.29 is 19.1 Å². The second-order valence-corrected chi connectivity index (χ2v) is 11.5. The highest BCUT2D eigenvalue weighted by molar-refractivity contribution is 7.17. The molecule has 3 aromatic carbocycles. The summed E-state index contributed by atoms with van der Waals surface area (Å²) in [7, 11) is 1.38. The van der Waals surface area contributed by atoms with E-state index in [1.54, 1.807) is 18.2 Å². The Bertz CT molecular complexity index is 1550. The predicted octanol–water partition coefficient (Wildman–Crippen LogP) is 7.40. The van der Waals surface area contributed by atoms with Gasteiger partial charge >= 0.3 is 5.97 Å². The van der Waals surface area contributed by atoms with Gasteiger partial charge in [-0.3, -0.25) is 9.59 Å². The lowest BCUT2D eigenvalue weighted by molar-refractivity contribution is 0.0600. The van der Waals surface area contributed by atoms with Crippen LogP contribution in [0.25, 0.3) is 0 Å². The summed E-state index contributed by atoms with van der Waals surface area (Å²) in [5, 5.41) is 6.72. The summed E-state index contributed by atoms with van der Waals surface area (Å²) in [5.74, 6) is -0.719. The number of hydrogen-bond acceptors (Lipinski definition) is 5. The van der Waals surface area contributed by atoms with Crippen molar-refractivity contribution in [2.75, 3.05) is 17.7 Å². The fraction of sp³-hybridized carbons (Fsp3) is 0.265. The van der Waals surface area contributed by atoms with Crippen LogP contribution in [0.15, 0.2) is 72.8 Å². The molecule has 1 aliphatic carbocycles. The molecular weight excluding hydrogens is 532 g/mol. The highest BCUT2D eigenvalue weighted by Crippen LogP contribution is 2.39. The van der Waals surface area contributed by atoms with Gasteiger partial charge in [-0.25, -0.2) is 4.79 Å². The van der Waals surface area contributed by atoms with E-state index in [4.69, 9.17) is 4.74 Å². The van der Waals surface area contributed by atoms with Gasteiger partial charge in [0.2, 0.25) is 0 Å². The molecule has 7 heteroatoms. The number of methoxy groups -OCH3 is 1. The summed E-state index contributed by atoms with van der Waals surface area (Å²) >= 11 is 1.53. The number of amides is 2. The molecule has 0 saturated carbocycles. The van der Waals surface area contributed by atoms with Crippen LogP contribution in [0.5, 0.6) is 0 Å². The van der Waals surface area contributed by atoms with Crippen LogP contribution in [0.1, 0.15) is 77.5 Å². The maximum Gasteiger partial charge on any atom is 0.337 e. The smallest absolute Gasteiger partial charge is 0.337 e. The maximum absolute atomic E-state index is 13.6. The minimum atomic E-state index is -0.328. The van der Waals surface area contributed by atoms with Gasteiger partial charge in [0.25, 0.3) is 11.8 Å². The second kappa shape index (κ2) is 13.0. The minimum absolute atomic E-state index is 0.188. The lowest BCUT2D eigenvalue weighted by Crippen LogP contribution is -2.18. The molecule has 0 fully saturated rings. The van der Waals surface area contributed by atoms with E-state index in [0.717, 1.165) is 61.8 Å². The minimum Gasteiger partial charge on any atom is -0.465 e. The van der Waals surface area contributed by atoms with E-state index in [1.165, 1.54) is 34.5 Å². The number of hydrogen-bond donors (Lipinski definition) is 2. The van der Waals surface area contributed by atoms with Crippen LogP contribution in [-0.2, 0) is 30.4 Å². The molecule has 1 aromatic heterocycles. The van der Waals surface area contributed by atoms with Gasteiger partial charge in [-0.1, -0.05) is 42.0 Å². The number of esters is 1. The summed E-state index contributed by atoms with van der Waals surface area (Å²) in [5.41, 5.74) is 6.89. The average Bonchev–Trinajstić information content (AvgIpc) is 3.36. The number of thiophene rings is 1. The van der Waals surface area contributed by atoms with Crippen molar-refractivity contribution >= 4 is 39.8 Å². The van der Waals surface area contributed by atoms with Gasteiger partial charge in [0.1, 0.15) is 5.00 Å². The number of carbonyl (C=O) groups excluding carboxylic acids is 3. The Morgan fingerprint density at radius 3 is 2.17 bits per heavy atom. The van der Waals surface area contributed by atoms with E-state index in [2.05, 4.69) is 10.6 Å². The number of aryl methyl sites for hydroxylation is 4. The third-order valence-electron chi connectivity index (χ3n) is 7.42. The van der Waals surface area contributed by atoms with Gasteiger partial charge in [-0.05, 0) is 105 Å². The summed E-state index contributed by atoms with van der Waals surface area (Å²) in [6.45, 7) is 1.96. The highest BCUT2D eigenvalue weighted by atomic mass is 32.1. The Morgan fingerprint density at radius 2 is 1.49 bits per heavy atom. The average molecular weight is 567 g/mol. The molecule has 41 heavy (non-hydrogen) atoms. The SMILES string of the molecule is COC(=O)c1ccc(CCCc2ccc(NC(=O)c3c(NC(=O)c4cccc(C)c4)sc4c3CCCC4)cc2)cc1. The van der Waals surface area contributed by atoms with E-state index in [0.29, 0.717) is 21.7 Å². The summed E-state index contributed by atoms with van der Waals surface area (Å²) in [4.78, 5) is 39.4. The normalized spacial score (nSPS) is 12.3. The zero-order chi connectivity index (χ0) is 28.8. The first-order chi connectivity index (χ1) is 19.9. The molecule has 0 saturated heterocycles. The number of benzene rings is 3. The van der Waals surface area contributed by atoms with Crippen LogP contribution >= 0.6 is 11.3 Å². The van der Waals surface area contributed by atoms with Crippen molar-refractivity contribution in [2.45, 2.75) is 51.9 Å². The molecule has 2 N–H and O–H groups in total. The van der Waals surface area contributed by atoms with Crippen molar-refractivity contribution in [3.8, 4) is 0 Å². The Hall–Kier alpha value is -4.23. The first-order valence-electron chi connectivity index (χ1n) is 14.0. The Labute approximate surface area is 244 Å². The van der Waals surface area contributed by atoms with Crippen LogP contribution < -0.4 is 10.6 Å².